The highest BCUT2D eigenvalue weighted by Crippen LogP contribution is 2.00. The molecule has 1 N–H and O–H groups in total. The van der Waals surface area contributed by atoms with Crippen molar-refractivity contribution < 1.29 is 24.0 Å². The van der Waals surface area contributed by atoms with Crippen molar-refractivity contribution in [1.82, 2.24) is 15.0 Å². The third-order valence-corrected chi connectivity index (χ3v) is 2.35. The first-order valence-electron chi connectivity index (χ1n) is 5.27. The quantitative estimate of drug-likeness (QED) is 0.753. The number of likely N-dealkylation sites (N-methyl/N-ethyl adjacent to an activating group) is 1. The van der Waals surface area contributed by atoms with Crippen LogP contribution in [-0.4, -0.2) is 51.7 Å². The van der Waals surface area contributed by atoms with Crippen LogP contribution in [0.3, 0.4) is 0 Å². The van der Waals surface area contributed by atoms with Crippen LogP contribution in [-0.2, 0) is 20.9 Å². The van der Waals surface area contributed by atoms with E-state index in [9.17, 15) is 9.59 Å². The number of nitrogens with zero attached hydrogens (tertiary/aromatic N) is 3. The second kappa shape index (κ2) is 6.10. The molecular formula is C10H15N3O5. The van der Waals surface area contributed by atoms with Crippen LogP contribution < -0.4 is 0 Å². The molecule has 1 heterocycles. The Morgan fingerprint density at radius 3 is 2.72 bits per heavy atom. The summed E-state index contributed by atoms with van der Waals surface area (Å²) in [5.41, 5.74) is 0. The van der Waals surface area contributed by atoms with E-state index in [0.29, 0.717) is 5.82 Å². The molecule has 0 saturated carbocycles. The van der Waals surface area contributed by atoms with Crippen LogP contribution in [0, 0.1) is 6.92 Å². The van der Waals surface area contributed by atoms with Crippen molar-refractivity contribution in [1.29, 1.82) is 0 Å². The Bertz CT molecular complexity index is 431. The van der Waals surface area contributed by atoms with Gasteiger partial charge < -0.3 is 19.3 Å². The van der Waals surface area contributed by atoms with Gasteiger partial charge in [0.15, 0.2) is 5.82 Å². The highest BCUT2D eigenvalue weighted by Gasteiger charge is 2.21. The number of carbonyl (C=O) groups excluding carboxylic acids is 1. The summed E-state index contributed by atoms with van der Waals surface area (Å²) in [6.45, 7) is 2.86. The summed E-state index contributed by atoms with van der Waals surface area (Å²) in [5.74, 6) is -0.745. The maximum Gasteiger partial charge on any atom is 0.326 e. The van der Waals surface area contributed by atoms with Crippen LogP contribution in [0.1, 0.15) is 18.6 Å². The number of amides is 1. The molecule has 0 aromatic carbocycles. The maximum absolute atomic E-state index is 11.6. The number of rotatable bonds is 6. The Balaban J connectivity index is 2.35. The molecule has 0 saturated heterocycles. The van der Waals surface area contributed by atoms with Gasteiger partial charge in [-0.1, -0.05) is 5.16 Å². The number of aliphatic carboxylic acids is 1. The molecule has 0 aliphatic rings. The first kappa shape index (κ1) is 14.1. The summed E-state index contributed by atoms with van der Waals surface area (Å²) < 4.78 is 9.85. The van der Waals surface area contributed by atoms with Gasteiger partial charge in [-0.3, -0.25) is 4.79 Å². The number of aryl methyl sites for hydroxylation is 1. The van der Waals surface area contributed by atoms with E-state index in [1.165, 1.54) is 14.0 Å². The zero-order valence-corrected chi connectivity index (χ0v) is 10.4. The van der Waals surface area contributed by atoms with E-state index in [0.717, 1.165) is 4.90 Å². The first-order chi connectivity index (χ1) is 8.41. The largest absolute Gasteiger partial charge is 0.480 e. The molecule has 1 unspecified atom stereocenters. The van der Waals surface area contributed by atoms with Gasteiger partial charge in [0.2, 0.25) is 5.91 Å². The fraction of sp³-hybridized carbons (Fsp3) is 0.600. The second-order valence-corrected chi connectivity index (χ2v) is 3.75. The molecule has 1 aromatic heterocycles. The number of hydrogen-bond acceptors (Lipinski definition) is 6. The van der Waals surface area contributed by atoms with Gasteiger partial charge in [-0.2, -0.15) is 4.98 Å². The van der Waals surface area contributed by atoms with Gasteiger partial charge in [-0.25, -0.2) is 4.79 Å². The number of carboxylic acids is 1. The Labute approximate surface area is 104 Å². The lowest BCUT2D eigenvalue weighted by atomic mass is 10.3. The molecule has 0 aliphatic heterocycles. The number of ether oxygens (including phenoxy) is 1. The lowest BCUT2D eigenvalue weighted by Crippen LogP contribution is -2.42. The number of aromatic nitrogens is 2. The third-order valence-electron chi connectivity index (χ3n) is 2.35. The van der Waals surface area contributed by atoms with E-state index in [-0.39, 0.29) is 19.1 Å². The van der Waals surface area contributed by atoms with Crippen molar-refractivity contribution in [2.24, 2.45) is 0 Å². The zero-order chi connectivity index (χ0) is 13.7. The lowest BCUT2D eigenvalue weighted by molar-refractivity contribution is -0.150. The molecule has 0 fully saturated rings. The van der Waals surface area contributed by atoms with Crippen molar-refractivity contribution in [2.45, 2.75) is 26.5 Å². The van der Waals surface area contributed by atoms with Crippen molar-refractivity contribution >= 4 is 11.9 Å². The molecular weight excluding hydrogens is 242 g/mol. The Morgan fingerprint density at radius 1 is 1.56 bits per heavy atom. The maximum atomic E-state index is 11.6. The average molecular weight is 257 g/mol. The Kier molecular flexibility index (Phi) is 4.78. The van der Waals surface area contributed by atoms with Crippen LogP contribution in [0.25, 0.3) is 0 Å². The summed E-state index contributed by atoms with van der Waals surface area (Å²) in [7, 11) is 1.40. The zero-order valence-electron chi connectivity index (χ0n) is 10.4. The standard InChI is InChI=1S/C10H15N3O5/c1-6(10(15)16)13(3)9(14)5-17-4-8-11-7(2)12-18-8/h6H,4-5H2,1-3H3,(H,15,16). The van der Waals surface area contributed by atoms with E-state index in [1.807, 2.05) is 0 Å². The molecule has 0 spiro atoms. The SMILES string of the molecule is Cc1noc(COCC(=O)N(C)C(C)C(=O)O)n1. The molecule has 0 radical (unpaired) electrons. The minimum Gasteiger partial charge on any atom is -0.480 e. The van der Waals surface area contributed by atoms with Crippen molar-refractivity contribution in [3.8, 4) is 0 Å². The molecule has 8 heteroatoms. The summed E-state index contributed by atoms with van der Waals surface area (Å²) in [5, 5.41) is 12.3. The van der Waals surface area contributed by atoms with E-state index in [1.54, 1.807) is 6.92 Å². The smallest absolute Gasteiger partial charge is 0.326 e. The van der Waals surface area contributed by atoms with Gasteiger partial charge >= 0.3 is 5.97 Å². The Hall–Kier alpha value is -1.96. The van der Waals surface area contributed by atoms with Crippen LogP contribution in [0.15, 0.2) is 4.52 Å². The van der Waals surface area contributed by atoms with Gasteiger partial charge in [0.1, 0.15) is 19.3 Å². The van der Waals surface area contributed by atoms with E-state index in [4.69, 9.17) is 14.4 Å². The van der Waals surface area contributed by atoms with Gasteiger partial charge in [0.25, 0.3) is 5.89 Å². The van der Waals surface area contributed by atoms with Crippen molar-refractivity contribution in [3.63, 3.8) is 0 Å². The summed E-state index contributed by atoms with van der Waals surface area (Å²) in [6, 6.07) is -0.897. The molecule has 100 valence electrons. The minimum atomic E-state index is -1.07. The molecule has 1 atom stereocenters. The topological polar surface area (TPSA) is 106 Å². The monoisotopic (exact) mass is 257 g/mol. The number of hydrogen-bond donors (Lipinski definition) is 1. The van der Waals surface area contributed by atoms with Crippen LogP contribution in [0.2, 0.25) is 0 Å². The molecule has 0 aliphatic carbocycles. The molecule has 8 nitrogen and oxygen atoms in total. The average Bonchev–Trinajstić information content (AvgIpc) is 2.72. The molecule has 1 amide bonds. The molecule has 18 heavy (non-hydrogen) atoms. The van der Waals surface area contributed by atoms with Gasteiger partial charge in [0, 0.05) is 7.05 Å². The fourth-order valence-corrected chi connectivity index (χ4v) is 1.11. The second-order valence-electron chi connectivity index (χ2n) is 3.75. The van der Waals surface area contributed by atoms with Gasteiger partial charge in [0.05, 0.1) is 0 Å². The minimum absolute atomic E-state index is 0.0157. The van der Waals surface area contributed by atoms with Crippen LogP contribution >= 0.6 is 0 Å². The molecule has 1 rings (SSSR count). The van der Waals surface area contributed by atoms with Gasteiger partial charge in [-0.15, -0.1) is 0 Å². The predicted molar refractivity (Wildman–Crippen MR) is 58.6 cm³/mol. The van der Waals surface area contributed by atoms with E-state index in [2.05, 4.69) is 10.1 Å². The molecule has 0 bridgehead atoms. The highest BCUT2D eigenvalue weighted by atomic mass is 16.5. The predicted octanol–water partition coefficient (Wildman–Crippen LogP) is -0.174. The normalized spacial score (nSPS) is 12.2. The van der Waals surface area contributed by atoms with Crippen molar-refractivity contribution in [2.75, 3.05) is 13.7 Å². The van der Waals surface area contributed by atoms with Crippen LogP contribution in [0.4, 0.5) is 0 Å². The van der Waals surface area contributed by atoms with Gasteiger partial charge in [-0.05, 0) is 13.8 Å². The fourth-order valence-electron chi connectivity index (χ4n) is 1.11. The Morgan fingerprint density at radius 2 is 2.22 bits per heavy atom. The highest BCUT2D eigenvalue weighted by molar-refractivity contribution is 5.83. The third kappa shape index (κ3) is 3.81. The first-order valence-corrected chi connectivity index (χ1v) is 5.27. The number of carboxylic acid groups (broad SMARTS) is 1. The van der Waals surface area contributed by atoms with Crippen molar-refractivity contribution in [3.05, 3.63) is 11.7 Å². The molecule has 1 aromatic rings. The summed E-state index contributed by atoms with van der Waals surface area (Å²) in [4.78, 5) is 27.2. The van der Waals surface area contributed by atoms with Crippen LogP contribution in [0.5, 0.6) is 0 Å². The number of carbonyl (C=O) groups is 2. The lowest BCUT2D eigenvalue weighted by Gasteiger charge is -2.21. The van der Waals surface area contributed by atoms with E-state index >= 15 is 0 Å². The summed E-state index contributed by atoms with van der Waals surface area (Å²) in [6.07, 6.45) is 0. The van der Waals surface area contributed by atoms with E-state index < -0.39 is 17.9 Å². The summed E-state index contributed by atoms with van der Waals surface area (Å²) >= 11 is 0.